The molecule has 0 heterocycles. The summed E-state index contributed by atoms with van der Waals surface area (Å²) < 4.78 is 0. The molecule has 5 N–H and O–H groups in total. The van der Waals surface area contributed by atoms with Crippen molar-refractivity contribution in [1.82, 2.24) is 5.32 Å². The number of carbonyl (C=O) groups is 2. The fraction of sp³-hybridized carbons (Fsp3) is 0.471. The van der Waals surface area contributed by atoms with Gasteiger partial charge in [0, 0.05) is 18.0 Å². The van der Waals surface area contributed by atoms with E-state index < -0.39 is 5.97 Å². The number of nitrogens with one attached hydrogen (secondary N) is 2. The van der Waals surface area contributed by atoms with Crippen LogP contribution in [0, 0.1) is 5.41 Å². The van der Waals surface area contributed by atoms with Gasteiger partial charge >= 0.3 is 5.97 Å². The Morgan fingerprint density at radius 1 is 1.26 bits per heavy atom. The highest BCUT2D eigenvalue weighted by Crippen LogP contribution is 2.09. The number of carboxylic acid groups (broad SMARTS) is 1. The Balaban J connectivity index is 2.27. The summed E-state index contributed by atoms with van der Waals surface area (Å²) in [6.45, 7) is 1.86. The topological polar surface area (TPSA) is 116 Å². The number of rotatable bonds is 10. The second-order valence-corrected chi connectivity index (χ2v) is 5.59. The minimum absolute atomic E-state index is 0.0370. The molecule has 0 saturated carbocycles. The molecule has 23 heavy (non-hydrogen) atoms. The van der Waals surface area contributed by atoms with Crippen molar-refractivity contribution in [3.05, 3.63) is 35.4 Å². The normalized spacial score (nSPS) is 11.7. The Bertz CT molecular complexity index is 541. The van der Waals surface area contributed by atoms with E-state index in [1.165, 1.54) is 0 Å². The van der Waals surface area contributed by atoms with Crippen molar-refractivity contribution in [2.75, 3.05) is 0 Å². The van der Waals surface area contributed by atoms with Crippen LogP contribution in [0.1, 0.15) is 50.2 Å². The van der Waals surface area contributed by atoms with Gasteiger partial charge in [-0.3, -0.25) is 15.0 Å². The first-order valence-electron chi connectivity index (χ1n) is 7.86. The molecule has 1 aromatic rings. The molecule has 0 aliphatic heterocycles. The van der Waals surface area contributed by atoms with E-state index in [2.05, 4.69) is 5.32 Å². The number of carboxylic acids is 1. The summed E-state index contributed by atoms with van der Waals surface area (Å²) >= 11 is 0. The van der Waals surface area contributed by atoms with Crippen LogP contribution in [-0.4, -0.2) is 28.9 Å². The maximum Gasteiger partial charge on any atom is 0.305 e. The van der Waals surface area contributed by atoms with Gasteiger partial charge in [0.25, 0.3) is 0 Å². The number of hydrogen-bond donors (Lipinski definition) is 4. The predicted molar refractivity (Wildman–Crippen MR) is 89.5 cm³/mol. The molecule has 0 aromatic heterocycles. The van der Waals surface area contributed by atoms with Gasteiger partial charge in [-0.25, -0.2) is 0 Å². The van der Waals surface area contributed by atoms with Gasteiger partial charge in [0.1, 0.15) is 5.84 Å². The van der Waals surface area contributed by atoms with E-state index in [-0.39, 0.29) is 24.2 Å². The Morgan fingerprint density at radius 2 is 1.91 bits per heavy atom. The summed E-state index contributed by atoms with van der Waals surface area (Å²) in [5.74, 6) is -0.934. The summed E-state index contributed by atoms with van der Waals surface area (Å²) in [6.07, 6.45) is 3.47. The highest BCUT2D eigenvalue weighted by Gasteiger charge is 2.13. The maximum absolute atomic E-state index is 11.8. The fourth-order valence-corrected chi connectivity index (χ4v) is 2.27. The van der Waals surface area contributed by atoms with Crippen molar-refractivity contribution >= 4 is 17.7 Å². The van der Waals surface area contributed by atoms with Crippen molar-refractivity contribution in [1.29, 1.82) is 5.41 Å². The lowest BCUT2D eigenvalue weighted by atomic mass is 10.0. The molecule has 126 valence electrons. The molecule has 0 aliphatic rings. The number of aryl methyl sites for hydroxylation is 1. The van der Waals surface area contributed by atoms with Crippen LogP contribution in [0.25, 0.3) is 0 Å². The van der Waals surface area contributed by atoms with Gasteiger partial charge in [0.05, 0.1) is 6.42 Å². The van der Waals surface area contributed by atoms with Gasteiger partial charge in [0.15, 0.2) is 0 Å². The average molecular weight is 319 g/mol. The standard InChI is InChI=1S/C17H25N3O3/c1-2-14(11-16(22)23)20-15(21)6-4-3-5-12-7-9-13(10-8-12)17(18)19/h7-10,14H,2-6,11H2,1H3,(H3,18,19)(H,20,21)(H,22,23). The number of amides is 1. The molecule has 1 atom stereocenters. The molecular formula is C17H25N3O3. The molecule has 6 nitrogen and oxygen atoms in total. The molecule has 0 saturated heterocycles. The Hall–Kier alpha value is -2.37. The van der Waals surface area contributed by atoms with Crippen molar-refractivity contribution < 1.29 is 14.7 Å². The van der Waals surface area contributed by atoms with Crippen LogP contribution < -0.4 is 11.1 Å². The number of benzene rings is 1. The van der Waals surface area contributed by atoms with Crippen molar-refractivity contribution in [3.8, 4) is 0 Å². The molecular weight excluding hydrogens is 294 g/mol. The van der Waals surface area contributed by atoms with Crippen LogP contribution in [0.5, 0.6) is 0 Å². The first kappa shape index (κ1) is 18.7. The third kappa shape index (κ3) is 7.44. The summed E-state index contributed by atoms with van der Waals surface area (Å²) in [5, 5.41) is 18.8. The number of amidine groups is 1. The fourth-order valence-electron chi connectivity index (χ4n) is 2.27. The zero-order valence-corrected chi connectivity index (χ0v) is 13.5. The van der Waals surface area contributed by atoms with Gasteiger partial charge in [0.2, 0.25) is 5.91 Å². The van der Waals surface area contributed by atoms with Crippen LogP contribution in [-0.2, 0) is 16.0 Å². The van der Waals surface area contributed by atoms with Crippen LogP contribution in [0.15, 0.2) is 24.3 Å². The third-order valence-corrected chi connectivity index (χ3v) is 3.66. The molecule has 0 radical (unpaired) electrons. The molecule has 0 spiro atoms. The van der Waals surface area contributed by atoms with E-state index in [1.54, 1.807) is 0 Å². The first-order valence-corrected chi connectivity index (χ1v) is 7.86. The highest BCUT2D eigenvalue weighted by molar-refractivity contribution is 5.94. The molecule has 6 heteroatoms. The highest BCUT2D eigenvalue weighted by atomic mass is 16.4. The number of aliphatic carboxylic acids is 1. The predicted octanol–water partition coefficient (Wildman–Crippen LogP) is 2.05. The summed E-state index contributed by atoms with van der Waals surface area (Å²) in [4.78, 5) is 22.4. The van der Waals surface area contributed by atoms with Crippen LogP contribution >= 0.6 is 0 Å². The molecule has 0 fully saturated rings. The summed E-state index contributed by atoms with van der Waals surface area (Å²) in [6, 6.07) is 7.23. The van der Waals surface area contributed by atoms with Gasteiger partial charge in [-0.05, 0) is 31.2 Å². The lowest BCUT2D eigenvalue weighted by Crippen LogP contribution is -2.35. The zero-order valence-electron chi connectivity index (χ0n) is 13.5. The Labute approximate surface area is 136 Å². The zero-order chi connectivity index (χ0) is 17.2. The molecule has 1 aromatic carbocycles. The number of nitrogen functional groups attached to an aromatic ring is 1. The average Bonchev–Trinajstić information content (AvgIpc) is 2.50. The number of unbranched alkanes of at least 4 members (excludes halogenated alkanes) is 1. The van der Waals surface area contributed by atoms with E-state index >= 15 is 0 Å². The lowest BCUT2D eigenvalue weighted by molar-refractivity contribution is -0.137. The second kappa shape index (κ2) is 9.61. The number of hydrogen-bond acceptors (Lipinski definition) is 3. The smallest absolute Gasteiger partial charge is 0.305 e. The minimum atomic E-state index is -0.897. The molecule has 1 unspecified atom stereocenters. The van der Waals surface area contributed by atoms with Gasteiger partial charge in [-0.1, -0.05) is 31.2 Å². The van der Waals surface area contributed by atoms with Crippen molar-refractivity contribution in [2.24, 2.45) is 5.73 Å². The SMILES string of the molecule is CCC(CC(=O)O)NC(=O)CCCCc1ccc(C(=N)N)cc1. The van der Waals surface area contributed by atoms with E-state index in [0.29, 0.717) is 18.4 Å². The molecule has 1 amide bonds. The second-order valence-electron chi connectivity index (χ2n) is 5.59. The van der Waals surface area contributed by atoms with E-state index in [9.17, 15) is 9.59 Å². The molecule has 0 aliphatic carbocycles. The van der Waals surface area contributed by atoms with Crippen LogP contribution in [0.3, 0.4) is 0 Å². The van der Waals surface area contributed by atoms with Gasteiger partial charge < -0.3 is 16.2 Å². The van der Waals surface area contributed by atoms with Gasteiger partial charge in [-0.15, -0.1) is 0 Å². The summed E-state index contributed by atoms with van der Waals surface area (Å²) in [7, 11) is 0. The Kier molecular flexibility index (Phi) is 7.80. The van der Waals surface area contributed by atoms with Crippen molar-refractivity contribution in [2.45, 2.75) is 51.5 Å². The van der Waals surface area contributed by atoms with Gasteiger partial charge in [-0.2, -0.15) is 0 Å². The van der Waals surface area contributed by atoms with Crippen molar-refractivity contribution in [3.63, 3.8) is 0 Å². The third-order valence-electron chi connectivity index (χ3n) is 3.66. The quantitative estimate of drug-likeness (QED) is 0.300. The largest absolute Gasteiger partial charge is 0.481 e. The maximum atomic E-state index is 11.8. The molecule has 0 bridgehead atoms. The number of carbonyl (C=O) groups excluding carboxylic acids is 1. The van der Waals surface area contributed by atoms with Crippen LogP contribution in [0.2, 0.25) is 0 Å². The molecule has 1 rings (SSSR count). The summed E-state index contributed by atoms with van der Waals surface area (Å²) in [5.41, 5.74) is 7.25. The first-order chi connectivity index (χ1) is 10.9. The minimum Gasteiger partial charge on any atom is -0.481 e. The van der Waals surface area contributed by atoms with Crippen LogP contribution in [0.4, 0.5) is 0 Å². The number of nitrogens with two attached hydrogens (primary N) is 1. The van der Waals surface area contributed by atoms with E-state index in [4.69, 9.17) is 16.2 Å². The van der Waals surface area contributed by atoms with E-state index in [0.717, 1.165) is 24.8 Å². The Morgan fingerprint density at radius 3 is 2.43 bits per heavy atom. The monoisotopic (exact) mass is 319 g/mol. The van der Waals surface area contributed by atoms with E-state index in [1.807, 2.05) is 31.2 Å². The lowest BCUT2D eigenvalue weighted by Gasteiger charge is -2.14.